The van der Waals surface area contributed by atoms with Gasteiger partial charge in [-0.05, 0) is 73.4 Å². The van der Waals surface area contributed by atoms with Crippen LogP contribution in [0.1, 0.15) is 196 Å². The molecule has 0 bridgehead atoms. The monoisotopic (exact) mass is 1770 g/mol. The number of amides is 15. The standard InChI is InChI=1S/C83H116N16O27/c1-5-6-7-8-9-10-11-12-13-14-15-16-17-24-33-86-82(123)97-56(37-63(85)102)76(117)95-59(40-69(111)112)77(118)99-71-47(4)126-81(122)60(36-62(101)52-30-22-23-31-54(52)84)96-80(121)70(45(2)35-66(105)106)98-78(119)61(43-100)92-65(104)41-88-73(114)57(38-67(107)108)93-72(113)46(3)90-75(116)58(39-68(109)110)94-74(115)55(91-64(103)42-89-79(71)120)32-25-34-87-83(124)125-44-53-50-28-20-18-26-48(50)49-27-19-21-29-51(49)53/h18-23,26-31,45-47,53,55-61,70-71,100H,5-17,24-25,32-44,84H2,1-4H3,(H2,85,102)(H,87,124)(H,88,114)(H,89,120)(H,90,116)(H,91,103)(H,92,104)(H,93,113)(H,94,115)(H,95,117)(H,96,121)(H,98,119)(H,99,118)(H,105,106)(H,107,108)(H,109,110)(H,111,112)(H2,86,97,123)/t45?,46?,47?,55?,56-,57?,58?,59-,60?,61?,70?,71?/m0/s1. The Balaban J connectivity index is 1.54. The highest BCUT2D eigenvalue weighted by atomic mass is 16.6. The third-order valence-corrected chi connectivity index (χ3v) is 20.5. The zero-order chi connectivity index (χ0) is 93.1. The predicted octanol–water partition coefficient (Wildman–Crippen LogP) is -0.727. The number of carboxylic acids is 4. The van der Waals surface area contributed by atoms with Gasteiger partial charge in [0.1, 0.15) is 73.1 Å². The number of aliphatic hydroxyl groups excluding tert-OH is 1. The first kappa shape index (κ1) is 103. The van der Waals surface area contributed by atoms with Gasteiger partial charge in [0.25, 0.3) is 0 Å². The van der Waals surface area contributed by atoms with Crippen LogP contribution in [0.4, 0.5) is 15.3 Å². The number of alkyl carbamates (subject to hydrolysis) is 1. The summed E-state index contributed by atoms with van der Waals surface area (Å²) in [6.45, 7) is 0.988. The van der Waals surface area contributed by atoms with Crippen molar-refractivity contribution in [3.63, 3.8) is 0 Å². The summed E-state index contributed by atoms with van der Waals surface area (Å²) >= 11 is 0. The molecule has 43 nitrogen and oxygen atoms in total. The number of primary amides is 1. The molecule has 3 aromatic carbocycles. The van der Waals surface area contributed by atoms with Gasteiger partial charge in [0, 0.05) is 36.7 Å². The van der Waals surface area contributed by atoms with Gasteiger partial charge in [-0.1, -0.05) is 158 Å². The van der Waals surface area contributed by atoms with Gasteiger partial charge < -0.3 is 121 Å². The minimum absolute atomic E-state index is 0.0990. The maximum atomic E-state index is 14.9. The lowest BCUT2D eigenvalue weighted by Crippen LogP contribution is -2.61. The number of carbonyl (C=O) groups excluding carboxylic acids is 16. The van der Waals surface area contributed by atoms with Crippen molar-refractivity contribution in [1.29, 1.82) is 0 Å². The summed E-state index contributed by atoms with van der Waals surface area (Å²) in [6, 6.07) is -2.12. The molecule has 690 valence electrons. The zero-order valence-electron chi connectivity index (χ0n) is 70.6. The van der Waals surface area contributed by atoms with E-state index in [0.717, 1.165) is 81.5 Å². The van der Waals surface area contributed by atoms with E-state index in [1.807, 2.05) is 64.5 Å². The smallest absolute Gasteiger partial charge is 0.407 e. The van der Waals surface area contributed by atoms with Gasteiger partial charge in [-0.2, -0.15) is 0 Å². The van der Waals surface area contributed by atoms with Crippen LogP contribution in [-0.2, 0) is 91.0 Å². The van der Waals surface area contributed by atoms with Crippen LogP contribution in [0.5, 0.6) is 0 Å². The van der Waals surface area contributed by atoms with Crippen LogP contribution >= 0.6 is 0 Å². The third kappa shape index (κ3) is 35.8. The fourth-order valence-corrected chi connectivity index (χ4v) is 13.8. The van der Waals surface area contributed by atoms with E-state index in [1.54, 1.807) is 0 Å². The fraction of sp³-hybridized carbons (Fsp3) is 0.542. The molecular weight excluding hydrogens is 1650 g/mol. The van der Waals surface area contributed by atoms with E-state index in [4.69, 9.17) is 20.9 Å². The summed E-state index contributed by atoms with van der Waals surface area (Å²) < 4.78 is 11.3. The number of aliphatic hydroxyl groups is 1. The van der Waals surface area contributed by atoms with Gasteiger partial charge in [-0.15, -0.1) is 0 Å². The molecule has 126 heavy (non-hydrogen) atoms. The molecule has 0 spiro atoms. The number of ether oxygens (including phenoxy) is 2. The van der Waals surface area contributed by atoms with Crippen molar-refractivity contribution >= 4 is 124 Å². The highest BCUT2D eigenvalue weighted by Gasteiger charge is 2.41. The zero-order valence-corrected chi connectivity index (χ0v) is 70.6. The molecule has 23 N–H and O–H groups in total. The molecule has 0 saturated carbocycles. The number of hydrogen-bond acceptors (Lipinski definition) is 24. The topological polar surface area (TPSA) is 681 Å². The van der Waals surface area contributed by atoms with Crippen LogP contribution < -0.4 is 85.9 Å². The van der Waals surface area contributed by atoms with Crippen molar-refractivity contribution in [3.05, 3.63) is 89.5 Å². The summed E-state index contributed by atoms with van der Waals surface area (Å²) in [6.07, 6.45) is 3.97. The van der Waals surface area contributed by atoms with Gasteiger partial charge in [0.15, 0.2) is 5.78 Å². The lowest BCUT2D eigenvalue weighted by Gasteiger charge is -2.30. The van der Waals surface area contributed by atoms with Crippen molar-refractivity contribution in [2.24, 2.45) is 11.7 Å². The first-order chi connectivity index (χ1) is 59.9. The Morgan fingerprint density at radius 2 is 0.992 bits per heavy atom. The van der Waals surface area contributed by atoms with E-state index in [0.29, 0.717) is 6.42 Å². The van der Waals surface area contributed by atoms with Crippen LogP contribution in [0.15, 0.2) is 72.8 Å². The average molecular weight is 1770 g/mol. The molecule has 5 rings (SSSR count). The fourth-order valence-electron chi connectivity index (χ4n) is 13.8. The SMILES string of the molecule is CCCCCCCCCCCCCCCCNC(=O)N[C@@H](CC(N)=O)C(=O)N[C@@H](CC(=O)O)C(=O)NC1C(=O)NCC(=O)NC(CCCNC(=O)OCC2c3ccccc3-c3ccccc32)C(=O)NC(CC(=O)O)C(=O)NC(C)C(=O)NC(CC(=O)O)C(=O)NCC(=O)NC(CO)C(=O)NC(C(C)CC(=O)O)C(=O)NC(CC(=O)c2ccccc2N)C(=O)OC1C. The van der Waals surface area contributed by atoms with Gasteiger partial charge in [-0.25, -0.2) is 14.4 Å². The molecule has 1 saturated heterocycles. The van der Waals surface area contributed by atoms with Crippen molar-refractivity contribution in [3.8, 4) is 11.1 Å². The number of unbranched alkanes of at least 4 members (excludes halogenated alkanes) is 13. The molecule has 3 aromatic rings. The molecule has 12 atom stereocenters. The van der Waals surface area contributed by atoms with Crippen LogP contribution in [0.2, 0.25) is 0 Å². The Bertz CT molecular complexity index is 4310. The van der Waals surface area contributed by atoms with Crippen LogP contribution in [0.25, 0.3) is 11.1 Å². The molecule has 10 unspecified atom stereocenters. The largest absolute Gasteiger partial charge is 0.481 e. The highest BCUT2D eigenvalue weighted by molar-refractivity contribution is 6.05. The molecular formula is C83H116N16O27. The van der Waals surface area contributed by atoms with E-state index < -0.39 is 256 Å². The van der Waals surface area contributed by atoms with Crippen LogP contribution in [-0.4, -0.2) is 250 Å². The molecule has 1 aliphatic heterocycles. The number of ketones is 1. The summed E-state index contributed by atoms with van der Waals surface area (Å²) in [5.74, 6) is -28.5. The van der Waals surface area contributed by atoms with Gasteiger partial charge >= 0.3 is 42.0 Å². The molecule has 0 radical (unpaired) electrons. The maximum absolute atomic E-state index is 14.9. The summed E-state index contributed by atoms with van der Waals surface area (Å²) in [5.41, 5.74) is 14.7. The van der Waals surface area contributed by atoms with Gasteiger partial charge in [0.2, 0.25) is 70.9 Å². The average Bonchev–Trinajstić information content (AvgIpc) is 1.61. The number of carbonyl (C=O) groups is 20. The Hall–Kier alpha value is -13.4. The van der Waals surface area contributed by atoms with Gasteiger partial charge in [0.05, 0.1) is 51.8 Å². The Morgan fingerprint density at radius 1 is 0.500 bits per heavy atom. The number of urea groups is 1. The van der Waals surface area contributed by atoms with Crippen molar-refractivity contribution in [2.75, 3.05) is 45.1 Å². The second-order valence-corrected chi connectivity index (χ2v) is 30.6. The number of aliphatic carboxylic acids is 4. The molecule has 2 aliphatic rings. The minimum atomic E-state index is -2.45. The van der Waals surface area contributed by atoms with E-state index >= 15 is 0 Å². The predicted molar refractivity (Wildman–Crippen MR) is 446 cm³/mol. The number of esters is 1. The Morgan fingerprint density at radius 3 is 1.55 bits per heavy atom. The first-order valence-corrected chi connectivity index (χ1v) is 41.7. The number of nitrogens with two attached hydrogens (primary N) is 2. The third-order valence-electron chi connectivity index (χ3n) is 20.5. The number of cyclic esters (lactones) is 1. The second kappa shape index (κ2) is 53.6. The number of carboxylic acid groups (broad SMARTS) is 4. The second-order valence-electron chi connectivity index (χ2n) is 30.6. The number of anilines is 1. The number of benzene rings is 3. The lowest BCUT2D eigenvalue weighted by atomic mass is 9.96. The molecule has 1 aliphatic carbocycles. The van der Waals surface area contributed by atoms with E-state index in [-0.39, 0.29) is 43.3 Å². The van der Waals surface area contributed by atoms with Crippen LogP contribution in [0.3, 0.4) is 0 Å². The number of rotatable bonds is 41. The molecule has 43 heteroatoms. The number of nitrogens with one attached hydrogen (secondary N) is 14. The van der Waals surface area contributed by atoms with E-state index in [9.17, 15) is 121 Å². The lowest BCUT2D eigenvalue weighted by molar-refractivity contribution is -0.156. The minimum Gasteiger partial charge on any atom is -0.481 e. The molecule has 1 fully saturated rings. The number of fused-ring (bicyclic) bond motifs is 3. The number of para-hydroxylation sites is 1. The summed E-state index contributed by atoms with van der Waals surface area (Å²) in [5, 5.41) is 80.9. The summed E-state index contributed by atoms with van der Waals surface area (Å²) in [7, 11) is 0. The number of nitrogen functional groups attached to an aromatic ring is 1. The van der Waals surface area contributed by atoms with Crippen molar-refractivity contribution < 1.29 is 131 Å². The summed E-state index contributed by atoms with van der Waals surface area (Å²) in [4.78, 5) is 273. The molecule has 0 aromatic heterocycles. The van der Waals surface area contributed by atoms with Crippen molar-refractivity contribution in [1.82, 2.24) is 74.4 Å². The molecule has 1 heterocycles. The first-order valence-electron chi connectivity index (χ1n) is 41.7. The highest BCUT2D eigenvalue weighted by Crippen LogP contribution is 2.44. The molecule has 15 amide bonds. The van der Waals surface area contributed by atoms with Crippen LogP contribution in [0, 0.1) is 5.92 Å². The number of Topliss-reactive ketones (excluding diaryl/α,β-unsaturated/α-hetero) is 1. The Kier molecular flexibility index (Phi) is 43.9. The van der Waals surface area contributed by atoms with Gasteiger partial charge in [-0.3, -0.25) is 81.5 Å². The Labute approximate surface area is 725 Å². The quantitative estimate of drug-likeness (QED) is 0.0144. The van der Waals surface area contributed by atoms with E-state index in [1.165, 1.54) is 69.2 Å². The van der Waals surface area contributed by atoms with E-state index in [2.05, 4.69) is 65.4 Å². The maximum Gasteiger partial charge on any atom is 0.407 e. The normalized spacial score (nSPS) is 20.4. The number of hydrogen-bond donors (Lipinski definition) is 21. The van der Waals surface area contributed by atoms with Crippen molar-refractivity contribution in [2.45, 2.75) is 241 Å².